The Balaban J connectivity index is 2.46. The van der Waals surface area contributed by atoms with Gasteiger partial charge >= 0.3 is 5.97 Å². The molecule has 0 fully saturated rings. The lowest BCUT2D eigenvalue weighted by molar-refractivity contribution is -0.143. The van der Waals surface area contributed by atoms with Gasteiger partial charge in [0.05, 0.1) is 7.11 Å². The van der Waals surface area contributed by atoms with Crippen molar-refractivity contribution in [2.75, 3.05) is 7.11 Å². The maximum Gasteiger partial charge on any atom is 0.322 e. The highest BCUT2D eigenvalue weighted by Crippen LogP contribution is 2.07. The van der Waals surface area contributed by atoms with Gasteiger partial charge in [-0.25, -0.2) is 0 Å². The second-order valence-electron chi connectivity index (χ2n) is 4.28. The number of esters is 1. The topological polar surface area (TPSA) is 54.1 Å². The molecule has 0 amide bonds. The van der Waals surface area contributed by atoms with Gasteiger partial charge in [-0.1, -0.05) is 13.8 Å². The molecule has 1 unspecified atom stereocenters. The molecule has 1 atom stereocenters. The average Bonchev–Trinajstić information content (AvgIpc) is 2.75. The van der Waals surface area contributed by atoms with E-state index in [9.17, 15) is 4.79 Å². The molecule has 4 heteroatoms. The van der Waals surface area contributed by atoms with E-state index in [1.807, 2.05) is 18.3 Å². The normalized spacial score (nSPS) is 12.8. The summed E-state index contributed by atoms with van der Waals surface area (Å²) in [6.45, 7) is 4.83. The zero-order valence-corrected chi connectivity index (χ0v) is 10.1. The van der Waals surface area contributed by atoms with Crippen LogP contribution in [0, 0.1) is 5.92 Å². The molecule has 4 nitrogen and oxygen atoms in total. The number of nitrogens with one attached hydrogen (secondary N) is 2. The van der Waals surface area contributed by atoms with E-state index >= 15 is 0 Å². The molecular weight excluding hydrogens is 204 g/mol. The molecule has 0 saturated carbocycles. The average molecular weight is 224 g/mol. The Bertz CT molecular complexity index is 307. The van der Waals surface area contributed by atoms with Crippen molar-refractivity contribution in [3.05, 3.63) is 24.0 Å². The maximum atomic E-state index is 11.5. The third-order valence-electron chi connectivity index (χ3n) is 2.39. The Morgan fingerprint density at radius 1 is 1.56 bits per heavy atom. The van der Waals surface area contributed by atoms with Crippen molar-refractivity contribution in [3.63, 3.8) is 0 Å². The first-order valence-electron chi connectivity index (χ1n) is 5.57. The van der Waals surface area contributed by atoms with E-state index < -0.39 is 0 Å². The number of rotatable bonds is 6. The third kappa shape index (κ3) is 4.06. The van der Waals surface area contributed by atoms with Crippen LogP contribution in [0.1, 0.15) is 26.0 Å². The lowest BCUT2D eigenvalue weighted by atomic mass is 10.0. The fraction of sp³-hybridized carbons (Fsp3) is 0.583. The van der Waals surface area contributed by atoms with E-state index in [2.05, 4.69) is 24.1 Å². The highest BCUT2D eigenvalue weighted by molar-refractivity contribution is 5.75. The lowest BCUT2D eigenvalue weighted by Gasteiger charge is -2.17. The molecule has 0 saturated heterocycles. The van der Waals surface area contributed by atoms with Gasteiger partial charge in [-0.05, 0) is 24.5 Å². The zero-order chi connectivity index (χ0) is 12.0. The Labute approximate surface area is 96.4 Å². The van der Waals surface area contributed by atoms with Crippen molar-refractivity contribution in [2.45, 2.75) is 32.9 Å². The van der Waals surface area contributed by atoms with Gasteiger partial charge in [-0.2, -0.15) is 0 Å². The van der Waals surface area contributed by atoms with Gasteiger partial charge in [0.15, 0.2) is 0 Å². The van der Waals surface area contributed by atoms with Crippen LogP contribution in [-0.4, -0.2) is 24.1 Å². The zero-order valence-electron chi connectivity index (χ0n) is 10.1. The summed E-state index contributed by atoms with van der Waals surface area (Å²) in [7, 11) is 1.42. The van der Waals surface area contributed by atoms with Gasteiger partial charge in [0.2, 0.25) is 0 Å². The molecule has 0 aliphatic carbocycles. The van der Waals surface area contributed by atoms with Crippen molar-refractivity contribution in [2.24, 2.45) is 5.92 Å². The maximum absolute atomic E-state index is 11.5. The summed E-state index contributed by atoms with van der Waals surface area (Å²) in [5.41, 5.74) is 1.07. The second-order valence-corrected chi connectivity index (χ2v) is 4.28. The van der Waals surface area contributed by atoms with Crippen LogP contribution in [0.4, 0.5) is 0 Å². The summed E-state index contributed by atoms with van der Waals surface area (Å²) in [5.74, 6) is 0.264. The fourth-order valence-corrected chi connectivity index (χ4v) is 1.59. The number of aromatic amines is 1. The molecule has 0 aliphatic heterocycles. The van der Waals surface area contributed by atoms with Gasteiger partial charge < -0.3 is 9.72 Å². The van der Waals surface area contributed by atoms with Crippen molar-refractivity contribution < 1.29 is 9.53 Å². The number of hydrogen-bond acceptors (Lipinski definition) is 3. The largest absolute Gasteiger partial charge is 0.468 e. The number of carbonyl (C=O) groups is 1. The SMILES string of the molecule is COC(=O)C(CC(C)C)NCc1ccc[nH]1. The third-order valence-corrected chi connectivity index (χ3v) is 2.39. The van der Waals surface area contributed by atoms with Crippen LogP contribution in [-0.2, 0) is 16.1 Å². The summed E-state index contributed by atoms with van der Waals surface area (Å²) in [6.07, 6.45) is 2.65. The molecule has 1 rings (SSSR count). The number of ether oxygens (including phenoxy) is 1. The Morgan fingerprint density at radius 3 is 2.81 bits per heavy atom. The highest BCUT2D eigenvalue weighted by Gasteiger charge is 2.19. The quantitative estimate of drug-likeness (QED) is 0.723. The molecule has 0 radical (unpaired) electrons. The predicted molar refractivity (Wildman–Crippen MR) is 62.9 cm³/mol. The molecule has 1 aromatic rings. The van der Waals surface area contributed by atoms with Crippen LogP contribution in [0.3, 0.4) is 0 Å². The fourth-order valence-electron chi connectivity index (χ4n) is 1.59. The molecule has 2 N–H and O–H groups in total. The van der Waals surface area contributed by atoms with Crippen molar-refractivity contribution in [1.82, 2.24) is 10.3 Å². The van der Waals surface area contributed by atoms with Crippen molar-refractivity contribution in [3.8, 4) is 0 Å². The first-order valence-corrected chi connectivity index (χ1v) is 5.57. The molecule has 1 heterocycles. The van der Waals surface area contributed by atoms with Crippen molar-refractivity contribution >= 4 is 5.97 Å². The lowest BCUT2D eigenvalue weighted by Crippen LogP contribution is -2.38. The Hall–Kier alpha value is -1.29. The van der Waals surface area contributed by atoms with Crippen LogP contribution in [0.2, 0.25) is 0 Å². The summed E-state index contributed by atoms with van der Waals surface area (Å²) >= 11 is 0. The molecule has 1 aromatic heterocycles. The van der Waals surface area contributed by atoms with Crippen LogP contribution >= 0.6 is 0 Å². The van der Waals surface area contributed by atoms with E-state index in [1.165, 1.54) is 7.11 Å². The summed E-state index contributed by atoms with van der Waals surface area (Å²) < 4.78 is 4.77. The first kappa shape index (κ1) is 12.8. The number of hydrogen-bond donors (Lipinski definition) is 2. The van der Waals surface area contributed by atoms with E-state index in [-0.39, 0.29) is 12.0 Å². The monoisotopic (exact) mass is 224 g/mol. The second kappa shape index (κ2) is 6.33. The van der Waals surface area contributed by atoms with E-state index in [4.69, 9.17) is 4.74 Å². The van der Waals surface area contributed by atoms with Gasteiger partial charge in [-0.3, -0.25) is 10.1 Å². The molecule has 16 heavy (non-hydrogen) atoms. The highest BCUT2D eigenvalue weighted by atomic mass is 16.5. The first-order chi connectivity index (χ1) is 7.63. The van der Waals surface area contributed by atoms with Crippen LogP contribution in [0.5, 0.6) is 0 Å². The summed E-state index contributed by atoms with van der Waals surface area (Å²) in [4.78, 5) is 14.6. The van der Waals surface area contributed by atoms with Gasteiger partial charge in [0.1, 0.15) is 6.04 Å². The number of aromatic nitrogens is 1. The Kier molecular flexibility index (Phi) is 5.05. The molecule has 0 aromatic carbocycles. The smallest absolute Gasteiger partial charge is 0.322 e. The van der Waals surface area contributed by atoms with Crippen molar-refractivity contribution in [1.29, 1.82) is 0 Å². The van der Waals surface area contributed by atoms with E-state index in [0.29, 0.717) is 12.5 Å². The molecule has 0 aliphatic rings. The molecule has 0 bridgehead atoms. The standard InChI is InChI=1S/C12H20N2O2/c1-9(2)7-11(12(15)16-3)14-8-10-5-4-6-13-10/h4-6,9,11,13-14H,7-8H2,1-3H3. The molecular formula is C12H20N2O2. The number of methoxy groups -OCH3 is 1. The summed E-state index contributed by atoms with van der Waals surface area (Å²) in [6, 6.07) is 3.69. The van der Waals surface area contributed by atoms with Crippen LogP contribution in [0.15, 0.2) is 18.3 Å². The number of H-pyrrole nitrogens is 1. The van der Waals surface area contributed by atoms with Crippen LogP contribution in [0.25, 0.3) is 0 Å². The van der Waals surface area contributed by atoms with Gasteiger partial charge in [0, 0.05) is 18.4 Å². The molecule has 90 valence electrons. The minimum Gasteiger partial charge on any atom is -0.468 e. The van der Waals surface area contributed by atoms with Gasteiger partial charge in [-0.15, -0.1) is 0 Å². The van der Waals surface area contributed by atoms with Crippen LogP contribution < -0.4 is 5.32 Å². The van der Waals surface area contributed by atoms with Gasteiger partial charge in [0.25, 0.3) is 0 Å². The minimum atomic E-state index is -0.228. The van der Waals surface area contributed by atoms with E-state index in [1.54, 1.807) is 0 Å². The minimum absolute atomic E-state index is 0.194. The number of carbonyl (C=O) groups excluding carboxylic acids is 1. The van der Waals surface area contributed by atoms with E-state index in [0.717, 1.165) is 12.1 Å². The predicted octanol–water partition coefficient (Wildman–Crippen LogP) is 1.69. The molecule has 0 spiro atoms. The Morgan fingerprint density at radius 2 is 2.31 bits per heavy atom. The summed E-state index contributed by atoms with van der Waals surface area (Å²) in [5, 5.41) is 3.20.